The third kappa shape index (κ3) is 2.67. The van der Waals surface area contributed by atoms with Crippen LogP contribution < -0.4 is 11.1 Å². The van der Waals surface area contributed by atoms with Gasteiger partial charge in [0.05, 0.1) is 0 Å². The summed E-state index contributed by atoms with van der Waals surface area (Å²) in [4.78, 5) is 4.31. The number of hydrogen-bond acceptors (Lipinski definition) is 3. The van der Waals surface area contributed by atoms with Crippen molar-refractivity contribution < 1.29 is 0 Å². The molecule has 2 aromatic rings. The molecule has 100 valence electrons. The molecule has 0 unspecified atom stereocenters. The number of guanidine groups is 1. The molecule has 0 spiro atoms. The van der Waals surface area contributed by atoms with Gasteiger partial charge in [-0.05, 0) is 30.9 Å². The van der Waals surface area contributed by atoms with Gasteiger partial charge in [-0.25, -0.2) is 4.99 Å². The molecule has 1 fully saturated rings. The molecular weight excluding hydrogens is 240 g/mol. The fraction of sp³-hybridized carbons (Fsp3) is 0.462. The summed E-state index contributed by atoms with van der Waals surface area (Å²) in [7, 11) is 0. The molecule has 1 saturated carbocycles. The second-order valence-electron chi connectivity index (χ2n) is 4.92. The Morgan fingerprint density at radius 1 is 1.42 bits per heavy atom. The summed E-state index contributed by atoms with van der Waals surface area (Å²) in [6.45, 7) is 1.37. The number of rotatable bonds is 4. The standard InChI is InChI=1S/C13H18N6/c14-13(15-8-10-4-3-5-10)16-9-12-18-17-11-6-1-2-7-19(11)12/h1-2,6-7,10H,3-5,8-9H2,(H3,14,15,16). The third-order valence-corrected chi connectivity index (χ3v) is 3.57. The average molecular weight is 258 g/mol. The lowest BCUT2D eigenvalue weighted by Gasteiger charge is -2.25. The molecule has 0 aliphatic heterocycles. The van der Waals surface area contributed by atoms with Gasteiger partial charge in [-0.3, -0.25) is 4.40 Å². The normalized spacial score (nSPS) is 16.5. The van der Waals surface area contributed by atoms with E-state index in [-0.39, 0.29) is 0 Å². The molecule has 0 radical (unpaired) electrons. The molecule has 6 nitrogen and oxygen atoms in total. The number of hydrogen-bond donors (Lipinski definition) is 2. The Morgan fingerprint density at radius 2 is 2.32 bits per heavy atom. The van der Waals surface area contributed by atoms with Gasteiger partial charge in [0.1, 0.15) is 6.54 Å². The van der Waals surface area contributed by atoms with Gasteiger partial charge in [0.25, 0.3) is 0 Å². The number of aromatic nitrogens is 3. The quantitative estimate of drug-likeness (QED) is 0.631. The smallest absolute Gasteiger partial charge is 0.189 e. The molecule has 3 N–H and O–H groups in total. The highest BCUT2D eigenvalue weighted by Gasteiger charge is 2.16. The van der Waals surface area contributed by atoms with E-state index in [1.807, 2.05) is 28.8 Å². The summed E-state index contributed by atoms with van der Waals surface area (Å²) in [5.74, 6) is 2.05. The van der Waals surface area contributed by atoms with E-state index in [1.54, 1.807) is 0 Å². The lowest BCUT2D eigenvalue weighted by Crippen LogP contribution is -2.37. The number of aliphatic imine (C=N–C) groups is 1. The summed E-state index contributed by atoms with van der Waals surface area (Å²) < 4.78 is 1.92. The Balaban J connectivity index is 1.60. The molecule has 0 saturated heterocycles. The Hall–Kier alpha value is -2.11. The van der Waals surface area contributed by atoms with Crippen LogP contribution in [0.15, 0.2) is 29.4 Å². The second-order valence-corrected chi connectivity index (χ2v) is 4.92. The van der Waals surface area contributed by atoms with Gasteiger partial charge >= 0.3 is 0 Å². The molecule has 6 heteroatoms. The van der Waals surface area contributed by atoms with Crippen molar-refractivity contribution in [2.24, 2.45) is 16.6 Å². The van der Waals surface area contributed by atoms with Gasteiger partial charge in [0, 0.05) is 12.7 Å². The maximum absolute atomic E-state index is 5.84. The van der Waals surface area contributed by atoms with E-state index in [2.05, 4.69) is 20.5 Å². The van der Waals surface area contributed by atoms with E-state index in [4.69, 9.17) is 5.73 Å². The number of pyridine rings is 1. The predicted molar refractivity (Wildman–Crippen MR) is 73.7 cm³/mol. The Bertz CT molecular complexity index is 584. The molecule has 0 amide bonds. The molecule has 0 atom stereocenters. The summed E-state index contributed by atoms with van der Waals surface area (Å²) >= 11 is 0. The van der Waals surface area contributed by atoms with Crippen molar-refractivity contribution in [1.29, 1.82) is 0 Å². The predicted octanol–water partition coefficient (Wildman–Crippen LogP) is 0.934. The van der Waals surface area contributed by atoms with Crippen molar-refractivity contribution >= 4 is 11.6 Å². The first kappa shape index (κ1) is 12.0. The maximum atomic E-state index is 5.84. The molecule has 1 aliphatic carbocycles. The van der Waals surface area contributed by atoms with Crippen LogP contribution in [-0.2, 0) is 6.54 Å². The minimum absolute atomic E-state index is 0.439. The van der Waals surface area contributed by atoms with Crippen LogP contribution in [0.25, 0.3) is 5.65 Å². The van der Waals surface area contributed by atoms with Crippen molar-refractivity contribution in [3.05, 3.63) is 30.2 Å². The van der Waals surface area contributed by atoms with Crippen LogP contribution in [-0.4, -0.2) is 27.1 Å². The maximum Gasteiger partial charge on any atom is 0.189 e. The van der Waals surface area contributed by atoms with Crippen LogP contribution in [0.5, 0.6) is 0 Å². The van der Waals surface area contributed by atoms with E-state index in [9.17, 15) is 0 Å². The minimum Gasteiger partial charge on any atom is -0.370 e. The zero-order chi connectivity index (χ0) is 13.1. The topological polar surface area (TPSA) is 80.6 Å². The first-order valence-corrected chi connectivity index (χ1v) is 6.65. The highest BCUT2D eigenvalue weighted by molar-refractivity contribution is 5.77. The van der Waals surface area contributed by atoms with Crippen LogP contribution in [0.3, 0.4) is 0 Å². The SMILES string of the molecule is NC(=NCc1nnc2ccccn12)NCC1CCC1. The summed E-state index contributed by atoms with van der Waals surface area (Å²) in [6, 6.07) is 5.80. The van der Waals surface area contributed by atoms with Crippen LogP contribution in [0, 0.1) is 5.92 Å². The molecule has 2 aromatic heterocycles. The fourth-order valence-electron chi connectivity index (χ4n) is 2.16. The Labute approximate surface area is 111 Å². The zero-order valence-corrected chi connectivity index (χ0v) is 10.8. The Kier molecular flexibility index (Phi) is 3.31. The largest absolute Gasteiger partial charge is 0.370 e. The first-order chi connectivity index (χ1) is 9.33. The van der Waals surface area contributed by atoms with E-state index in [0.29, 0.717) is 12.5 Å². The van der Waals surface area contributed by atoms with Gasteiger partial charge in [-0.2, -0.15) is 0 Å². The lowest BCUT2D eigenvalue weighted by atomic mass is 9.85. The van der Waals surface area contributed by atoms with Crippen LogP contribution in [0.4, 0.5) is 0 Å². The highest BCUT2D eigenvalue weighted by Crippen LogP contribution is 2.24. The number of nitrogens with zero attached hydrogens (tertiary/aromatic N) is 4. The highest BCUT2D eigenvalue weighted by atomic mass is 15.3. The molecule has 0 aromatic carbocycles. The Morgan fingerprint density at radius 3 is 3.11 bits per heavy atom. The third-order valence-electron chi connectivity index (χ3n) is 3.57. The van der Waals surface area contributed by atoms with Crippen LogP contribution >= 0.6 is 0 Å². The summed E-state index contributed by atoms with van der Waals surface area (Å²) in [5, 5.41) is 11.4. The monoisotopic (exact) mass is 258 g/mol. The van der Waals surface area contributed by atoms with Gasteiger partial charge in [0.2, 0.25) is 0 Å². The van der Waals surface area contributed by atoms with Gasteiger partial charge in [-0.1, -0.05) is 12.5 Å². The summed E-state index contributed by atoms with van der Waals surface area (Å²) in [5.41, 5.74) is 6.67. The molecule has 19 heavy (non-hydrogen) atoms. The molecule has 2 heterocycles. The van der Waals surface area contributed by atoms with E-state index in [1.165, 1.54) is 19.3 Å². The van der Waals surface area contributed by atoms with Gasteiger partial charge in [-0.15, -0.1) is 10.2 Å². The fourth-order valence-corrected chi connectivity index (χ4v) is 2.16. The van der Waals surface area contributed by atoms with E-state index >= 15 is 0 Å². The van der Waals surface area contributed by atoms with Crippen molar-refractivity contribution in [3.8, 4) is 0 Å². The number of fused-ring (bicyclic) bond motifs is 1. The van der Waals surface area contributed by atoms with Crippen molar-refractivity contribution in [1.82, 2.24) is 19.9 Å². The molecule has 1 aliphatic rings. The molecule has 0 bridgehead atoms. The van der Waals surface area contributed by atoms with E-state index < -0.39 is 0 Å². The van der Waals surface area contributed by atoms with Crippen molar-refractivity contribution in [2.75, 3.05) is 6.54 Å². The lowest BCUT2D eigenvalue weighted by molar-refractivity contribution is 0.315. The number of nitrogens with one attached hydrogen (secondary N) is 1. The summed E-state index contributed by atoms with van der Waals surface area (Å²) in [6.07, 6.45) is 5.87. The minimum atomic E-state index is 0.439. The average Bonchev–Trinajstić information content (AvgIpc) is 2.78. The second kappa shape index (κ2) is 5.26. The number of nitrogens with two attached hydrogens (primary N) is 1. The zero-order valence-electron chi connectivity index (χ0n) is 10.8. The van der Waals surface area contributed by atoms with Gasteiger partial charge in [0.15, 0.2) is 17.4 Å². The van der Waals surface area contributed by atoms with Crippen molar-refractivity contribution in [3.63, 3.8) is 0 Å². The van der Waals surface area contributed by atoms with Crippen LogP contribution in [0.1, 0.15) is 25.1 Å². The van der Waals surface area contributed by atoms with Crippen LogP contribution in [0.2, 0.25) is 0 Å². The molecular formula is C13H18N6. The van der Waals surface area contributed by atoms with E-state index in [0.717, 1.165) is 23.9 Å². The molecule has 3 rings (SSSR count). The van der Waals surface area contributed by atoms with Gasteiger partial charge < -0.3 is 11.1 Å². The van der Waals surface area contributed by atoms with Crippen molar-refractivity contribution in [2.45, 2.75) is 25.8 Å². The first-order valence-electron chi connectivity index (χ1n) is 6.65.